The van der Waals surface area contributed by atoms with Crippen molar-refractivity contribution in [1.29, 1.82) is 0 Å². The van der Waals surface area contributed by atoms with Gasteiger partial charge in [-0.3, -0.25) is 4.79 Å². The number of aryl methyl sites for hydroxylation is 1. The van der Waals surface area contributed by atoms with Crippen molar-refractivity contribution < 1.29 is 44.1 Å². The van der Waals surface area contributed by atoms with Crippen LogP contribution in [0.25, 0.3) is 10.9 Å². The molecule has 1 atom stereocenters. The van der Waals surface area contributed by atoms with Crippen LogP contribution in [0, 0.1) is 0 Å². The number of rotatable bonds is 7. The highest BCUT2D eigenvalue weighted by Crippen LogP contribution is 2.49. The molecule has 1 aliphatic rings. The van der Waals surface area contributed by atoms with Gasteiger partial charge >= 0.3 is 21.6 Å². The fraction of sp³-hybridized carbons (Fsp3) is 0.286. The van der Waals surface area contributed by atoms with E-state index >= 15 is 0 Å². The molecule has 194 valence electrons. The highest BCUT2D eigenvalue weighted by molar-refractivity contribution is 7.99. The lowest BCUT2D eigenvalue weighted by molar-refractivity contribution is -0.137. The summed E-state index contributed by atoms with van der Waals surface area (Å²) in [4.78, 5) is 12.1. The normalized spacial score (nSPS) is 16.3. The fourth-order valence-electron chi connectivity index (χ4n) is 4.11. The molecule has 0 radical (unpaired) electrons. The third-order valence-electron chi connectivity index (χ3n) is 5.53. The average Bonchev–Trinajstić information content (AvgIpc) is 3.26. The second kappa shape index (κ2) is 9.15. The summed E-state index contributed by atoms with van der Waals surface area (Å²) < 4.78 is 93.4. The van der Waals surface area contributed by atoms with Crippen molar-refractivity contribution in [3.8, 4) is 5.75 Å². The SMILES string of the molecule is CS(=O)(=O)c1cc(OS(=O)(=O)C(F)(F)F)cc2c1c(Sc1ccc(Cl)cc1)c1n2CCC1CC(=O)O. The number of aromatic nitrogens is 1. The molecule has 0 amide bonds. The number of alkyl halides is 3. The minimum absolute atomic E-state index is 0.115. The Hall–Kier alpha value is -2.42. The van der Waals surface area contributed by atoms with Gasteiger partial charge in [0.25, 0.3) is 0 Å². The minimum Gasteiger partial charge on any atom is -0.481 e. The maximum atomic E-state index is 12.9. The lowest BCUT2D eigenvalue weighted by atomic mass is 10.0. The predicted molar refractivity (Wildman–Crippen MR) is 126 cm³/mol. The number of benzene rings is 2. The third-order valence-corrected chi connectivity index (χ3v) is 9.00. The number of nitrogens with zero attached hydrogens (tertiary/aromatic N) is 1. The van der Waals surface area contributed by atoms with Gasteiger partial charge in [0.05, 0.1) is 16.8 Å². The smallest absolute Gasteiger partial charge is 0.481 e. The molecule has 0 saturated heterocycles. The molecule has 1 unspecified atom stereocenters. The molecule has 3 aromatic rings. The zero-order valence-electron chi connectivity index (χ0n) is 18.2. The number of carboxylic acids is 1. The molecule has 1 aromatic heterocycles. The van der Waals surface area contributed by atoms with Crippen molar-refractivity contribution in [2.45, 2.75) is 45.5 Å². The number of hydrogen-bond acceptors (Lipinski definition) is 7. The predicted octanol–water partition coefficient (Wildman–Crippen LogP) is 5.04. The molecule has 2 heterocycles. The maximum absolute atomic E-state index is 12.9. The molecule has 36 heavy (non-hydrogen) atoms. The third kappa shape index (κ3) is 5.04. The lowest BCUT2D eigenvalue weighted by Crippen LogP contribution is -2.28. The molecular weight excluding hydrogens is 567 g/mol. The summed E-state index contributed by atoms with van der Waals surface area (Å²) in [5.41, 5.74) is -5.12. The van der Waals surface area contributed by atoms with E-state index in [1.54, 1.807) is 28.8 Å². The molecule has 0 spiro atoms. The summed E-state index contributed by atoms with van der Waals surface area (Å²) in [5.74, 6) is -2.42. The number of carbonyl (C=O) groups is 1. The summed E-state index contributed by atoms with van der Waals surface area (Å²) in [6.07, 6.45) is 0.953. The Labute approximate surface area is 213 Å². The monoisotopic (exact) mass is 583 g/mol. The van der Waals surface area contributed by atoms with E-state index in [2.05, 4.69) is 4.18 Å². The number of aliphatic carboxylic acids is 1. The largest absolute Gasteiger partial charge is 0.534 e. The average molecular weight is 584 g/mol. The van der Waals surface area contributed by atoms with Gasteiger partial charge in [0.2, 0.25) is 0 Å². The van der Waals surface area contributed by atoms with Crippen LogP contribution in [0.5, 0.6) is 5.75 Å². The molecule has 2 aromatic carbocycles. The number of sulfone groups is 1. The van der Waals surface area contributed by atoms with Gasteiger partial charge < -0.3 is 13.9 Å². The Kier molecular flexibility index (Phi) is 6.77. The topological polar surface area (TPSA) is 120 Å². The molecule has 8 nitrogen and oxygen atoms in total. The van der Waals surface area contributed by atoms with Crippen LogP contribution in [0.15, 0.2) is 51.1 Å². The first-order valence-electron chi connectivity index (χ1n) is 10.1. The van der Waals surface area contributed by atoms with E-state index in [1.165, 1.54) is 0 Å². The zero-order valence-corrected chi connectivity index (χ0v) is 21.4. The molecule has 0 aliphatic carbocycles. The Bertz CT molecular complexity index is 1580. The van der Waals surface area contributed by atoms with E-state index in [4.69, 9.17) is 11.6 Å². The molecule has 1 N–H and O–H groups in total. The zero-order chi connectivity index (χ0) is 26.6. The second-order valence-electron chi connectivity index (χ2n) is 8.08. The first-order chi connectivity index (χ1) is 16.6. The van der Waals surface area contributed by atoms with Crippen LogP contribution in [0.4, 0.5) is 13.2 Å². The van der Waals surface area contributed by atoms with Gasteiger partial charge in [-0.25, -0.2) is 8.42 Å². The summed E-state index contributed by atoms with van der Waals surface area (Å²) >= 11 is 7.10. The van der Waals surface area contributed by atoms with Crippen LogP contribution in [0.1, 0.15) is 24.5 Å². The van der Waals surface area contributed by atoms with Gasteiger partial charge in [0.15, 0.2) is 9.84 Å². The van der Waals surface area contributed by atoms with Gasteiger partial charge in [-0.15, -0.1) is 0 Å². The number of carboxylic acid groups (broad SMARTS) is 1. The summed E-state index contributed by atoms with van der Waals surface area (Å²) in [5, 5.41) is 9.99. The van der Waals surface area contributed by atoms with Crippen LogP contribution in [-0.2, 0) is 31.3 Å². The Balaban J connectivity index is 2.02. The molecule has 0 fully saturated rings. The van der Waals surface area contributed by atoms with E-state index < -0.39 is 48.0 Å². The van der Waals surface area contributed by atoms with Gasteiger partial charge in [-0.05, 0) is 30.7 Å². The minimum atomic E-state index is -6.07. The van der Waals surface area contributed by atoms with Crippen molar-refractivity contribution >= 4 is 60.2 Å². The van der Waals surface area contributed by atoms with Crippen LogP contribution in [0.3, 0.4) is 0 Å². The van der Waals surface area contributed by atoms with E-state index in [0.29, 0.717) is 26.9 Å². The quantitative estimate of drug-likeness (QED) is 0.303. The van der Waals surface area contributed by atoms with Crippen molar-refractivity contribution in [2.75, 3.05) is 6.26 Å². The number of hydrogen-bond donors (Lipinski definition) is 1. The Morgan fingerprint density at radius 1 is 1.19 bits per heavy atom. The first kappa shape index (κ1) is 26.6. The van der Waals surface area contributed by atoms with Crippen LogP contribution < -0.4 is 4.18 Å². The Morgan fingerprint density at radius 2 is 1.83 bits per heavy atom. The van der Waals surface area contributed by atoms with Gasteiger partial charge in [-0.2, -0.15) is 21.6 Å². The molecule has 0 saturated carbocycles. The van der Waals surface area contributed by atoms with Crippen molar-refractivity contribution in [3.05, 3.63) is 47.1 Å². The van der Waals surface area contributed by atoms with Crippen LogP contribution in [-0.4, -0.2) is 44.2 Å². The summed E-state index contributed by atoms with van der Waals surface area (Å²) in [6, 6.07) is 8.33. The fourth-order valence-corrected chi connectivity index (χ4v) is 6.86. The number of halogens is 4. The summed E-state index contributed by atoms with van der Waals surface area (Å²) in [7, 11) is -10.2. The highest BCUT2D eigenvalue weighted by atomic mass is 35.5. The van der Waals surface area contributed by atoms with Gasteiger partial charge in [0.1, 0.15) is 5.75 Å². The Morgan fingerprint density at radius 3 is 2.39 bits per heavy atom. The standard InChI is InChI=1S/C21H17ClF3NO7S3/c1-35(29,30)16-10-13(33-36(31,32)21(23,24)25)9-15-18(16)20(34-14-4-2-12(22)3-5-14)19-11(8-17(27)28)6-7-26(15)19/h2-5,9-11H,6-8H2,1H3,(H,27,28). The van der Waals surface area contributed by atoms with Crippen LogP contribution >= 0.6 is 23.4 Å². The van der Waals surface area contributed by atoms with Crippen molar-refractivity contribution in [1.82, 2.24) is 4.57 Å². The van der Waals surface area contributed by atoms with E-state index in [-0.39, 0.29) is 23.9 Å². The van der Waals surface area contributed by atoms with Gasteiger partial charge in [0, 0.05) is 56.7 Å². The lowest BCUT2D eigenvalue weighted by Gasteiger charge is -2.13. The van der Waals surface area contributed by atoms with Crippen LogP contribution in [0.2, 0.25) is 5.02 Å². The van der Waals surface area contributed by atoms with Gasteiger partial charge in [-0.1, -0.05) is 23.4 Å². The molecule has 4 rings (SSSR count). The van der Waals surface area contributed by atoms with E-state index in [0.717, 1.165) is 30.2 Å². The first-order valence-corrected chi connectivity index (χ1v) is 14.6. The van der Waals surface area contributed by atoms with E-state index in [9.17, 15) is 39.9 Å². The second-order valence-corrected chi connectivity index (χ2v) is 13.1. The molecule has 1 aliphatic heterocycles. The number of fused-ring (bicyclic) bond motifs is 3. The van der Waals surface area contributed by atoms with Crippen molar-refractivity contribution in [2.24, 2.45) is 0 Å². The highest BCUT2D eigenvalue weighted by Gasteiger charge is 2.49. The molecular formula is C21H17ClF3NO7S3. The van der Waals surface area contributed by atoms with E-state index in [1.807, 2.05) is 0 Å². The molecule has 15 heteroatoms. The van der Waals surface area contributed by atoms with Crippen molar-refractivity contribution in [3.63, 3.8) is 0 Å². The molecule has 0 bridgehead atoms. The summed E-state index contributed by atoms with van der Waals surface area (Å²) in [6.45, 7) is 0.240. The maximum Gasteiger partial charge on any atom is 0.534 e.